The van der Waals surface area contributed by atoms with Gasteiger partial charge in [-0.2, -0.15) is 0 Å². The number of carbonyl (C=O) groups is 3. The van der Waals surface area contributed by atoms with E-state index in [2.05, 4.69) is 0 Å². The maximum atomic E-state index is 13.5. The molecule has 0 unspecified atom stereocenters. The highest BCUT2D eigenvalue weighted by atomic mass is 127. The lowest BCUT2D eigenvalue weighted by Crippen LogP contribution is -2.67. The number of phenolic OH excluding ortho intramolecular Hbond substituents is 1. The molecule has 176 valence electrons. The second-order valence-electron chi connectivity index (χ2n) is 8.90. The molecule has 3 aliphatic rings. The Bertz CT molecular complexity index is 1190. The lowest BCUT2D eigenvalue weighted by molar-refractivity contribution is -0.151. The maximum Gasteiger partial charge on any atom is 0.255 e. The minimum atomic E-state index is -2.83. The molecule has 0 aliphatic heterocycles. The molecule has 4 rings (SSSR count). The van der Waals surface area contributed by atoms with Crippen LogP contribution in [0.5, 0.6) is 5.75 Å². The number of nitrogens with two attached hydrogens (primary N) is 1. The molecule has 0 radical (unpaired) electrons. The van der Waals surface area contributed by atoms with Gasteiger partial charge in [0.25, 0.3) is 5.91 Å². The first kappa shape index (κ1) is 23.7. The molecule has 0 spiro atoms. The molecule has 11 heteroatoms. The van der Waals surface area contributed by atoms with Crippen LogP contribution in [0.2, 0.25) is 0 Å². The minimum absolute atomic E-state index is 0.0870. The first-order valence-corrected chi connectivity index (χ1v) is 11.2. The van der Waals surface area contributed by atoms with Crippen molar-refractivity contribution in [3.8, 4) is 5.75 Å². The van der Waals surface area contributed by atoms with E-state index in [1.165, 1.54) is 25.1 Å². The van der Waals surface area contributed by atoms with Crippen molar-refractivity contribution in [1.82, 2.24) is 4.90 Å². The SMILES string of the molecule is C[C@H]1c2c(I)ccc(O)c2C(=O)C2=C(O)[C@]3(O)C(O)=C(C(N)=O)C(=O)[C@@H](N(C)C)[C@@H]3[C@@H](O)[C@@H]21. The Morgan fingerprint density at radius 1 is 1.15 bits per heavy atom. The fraction of sp³-hybridized carbons (Fsp3) is 0.409. The van der Waals surface area contributed by atoms with Crippen molar-refractivity contribution in [2.45, 2.75) is 30.6 Å². The number of hydrogen-bond donors (Lipinski definition) is 6. The van der Waals surface area contributed by atoms with Crippen LogP contribution in [-0.4, -0.2) is 79.7 Å². The van der Waals surface area contributed by atoms with Gasteiger partial charge < -0.3 is 31.3 Å². The third kappa shape index (κ3) is 2.85. The van der Waals surface area contributed by atoms with Crippen LogP contribution >= 0.6 is 22.6 Å². The fourth-order valence-electron chi connectivity index (χ4n) is 5.64. The summed E-state index contributed by atoms with van der Waals surface area (Å²) in [4.78, 5) is 39.9. The standard InChI is InChI=1S/C22H23IN2O8/c1-6-9-7(23)4-5-8(26)11(9)16(27)12-10(6)17(28)14-15(25(2)3)18(29)13(21(24)32)20(31)22(14,33)19(12)30/h4-6,10,14-15,17,26,28,30-31,33H,1-3H3,(H2,24,32)/t6-,10+,14+,15-,17-,22-/m0/s1. The molecule has 0 heterocycles. The van der Waals surface area contributed by atoms with Crippen LogP contribution in [0.3, 0.4) is 0 Å². The van der Waals surface area contributed by atoms with Crippen molar-refractivity contribution < 1.29 is 39.9 Å². The van der Waals surface area contributed by atoms with Gasteiger partial charge in [-0.3, -0.25) is 19.3 Å². The zero-order valence-electron chi connectivity index (χ0n) is 17.9. The van der Waals surface area contributed by atoms with E-state index >= 15 is 0 Å². The molecule has 0 fully saturated rings. The predicted molar refractivity (Wildman–Crippen MR) is 122 cm³/mol. The number of benzene rings is 1. The quantitative estimate of drug-likeness (QED) is 0.215. The summed E-state index contributed by atoms with van der Waals surface area (Å²) < 4.78 is 0.649. The fourth-order valence-corrected chi connectivity index (χ4v) is 6.59. The van der Waals surface area contributed by atoms with Crippen molar-refractivity contribution in [2.24, 2.45) is 17.6 Å². The Kier molecular flexibility index (Phi) is 5.39. The number of phenols is 1. The van der Waals surface area contributed by atoms with Gasteiger partial charge >= 0.3 is 0 Å². The summed E-state index contributed by atoms with van der Waals surface area (Å²) in [6.07, 6.45) is -1.60. The lowest BCUT2D eigenvalue weighted by atomic mass is 9.55. The zero-order valence-corrected chi connectivity index (χ0v) is 20.1. The van der Waals surface area contributed by atoms with Crippen LogP contribution in [0, 0.1) is 15.4 Å². The Balaban J connectivity index is 2.10. The van der Waals surface area contributed by atoms with E-state index in [1.807, 2.05) is 22.6 Å². The number of hydrogen-bond acceptors (Lipinski definition) is 9. The van der Waals surface area contributed by atoms with E-state index in [0.29, 0.717) is 9.13 Å². The molecule has 1 amide bonds. The maximum absolute atomic E-state index is 13.5. The topological polar surface area (TPSA) is 182 Å². The molecule has 1 aromatic rings. The molecule has 3 aliphatic carbocycles. The van der Waals surface area contributed by atoms with Gasteiger partial charge in [-0.25, -0.2) is 0 Å². The molecular weight excluding hydrogens is 547 g/mol. The number of carbonyl (C=O) groups excluding carboxylic acids is 3. The van der Waals surface area contributed by atoms with E-state index in [-0.39, 0.29) is 11.3 Å². The first-order chi connectivity index (χ1) is 15.3. The van der Waals surface area contributed by atoms with E-state index in [0.717, 1.165) is 0 Å². The van der Waals surface area contributed by atoms with E-state index in [4.69, 9.17) is 5.73 Å². The summed E-state index contributed by atoms with van der Waals surface area (Å²) in [5.41, 5.74) is 1.51. The van der Waals surface area contributed by atoms with Crippen molar-refractivity contribution in [2.75, 3.05) is 14.1 Å². The van der Waals surface area contributed by atoms with Crippen LogP contribution in [0.15, 0.2) is 34.8 Å². The van der Waals surface area contributed by atoms with Crippen molar-refractivity contribution in [3.05, 3.63) is 49.5 Å². The second-order valence-corrected chi connectivity index (χ2v) is 10.1. The van der Waals surface area contributed by atoms with Crippen molar-refractivity contribution >= 4 is 40.1 Å². The molecule has 0 saturated carbocycles. The summed E-state index contributed by atoms with van der Waals surface area (Å²) in [7, 11) is 2.94. The molecule has 0 aromatic heterocycles. The molecule has 1 aromatic carbocycles. The van der Waals surface area contributed by atoms with Crippen LogP contribution in [0.25, 0.3) is 0 Å². The first-order valence-electron chi connectivity index (χ1n) is 10.1. The number of ketones is 2. The van der Waals surface area contributed by atoms with Crippen LogP contribution in [0.4, 0.5) is 0 Å². The highest BCUT2D eigenvalue weighted by molar-refractivity contribution is 14.1. The smallest absolute Gasteiger partial charge is 0.255 e. The third-order valence-electron chi connectivity index (χ3n) is 7.06. The molecule has 6 atom stereocenters. The number of likely N-dealkylation sites (N-methyl/N-ethyl adjacent to an activating group) is 1. The van der Waals surface area contributed by atoms with Crippen molar-refractivity contribution in [1.29, 1.82) is 0 Å². The summed E-state index contributed by atoms with van der Waals surface area (Å²) in [5.74, 6) is -8.83. The Morgan fingerprint density at radius 2 is 1.76 bits per heavy atom. The minimum Gasteiger partial charge on any atom is -0.508 e. The number of fused-ring (bicyclic) bond motifs is 3. The molecule has 0 saturated heterocycles. The van der Waals surface area contributed by atoms with Crippen LogP contribution in [-0.2, 0) is 9.59 Å². The number of nitrogens with zero attached hydrogens (tertiary/aromatic N) is 1. The number of amides is 1. The Labute approximate surface area is 202 Å². The van der Waals surface area contributed by atoms with Gasteiger partial charge in [0, 0.05) is 15.1 Å². The average Bonchev–Trinajstić information content (AvgIpc) is 2.72. The van der Waals surface area contributed by atoms with E-state index in [9.17, 15) is 39.9 Å². The van der Waals surface area contributed by atoms with Gasteiger partial charge in [0.2, 0.25) is 0 Å². The number of aromatic hydroxyl groups is 1. The van der Waals surface area contributed by atoms with Gasteiger partial charge in [-0.15, -0.1) is 0 Å². The van der Waals surface area contributed by atoms with E-state index in [1.54, 1.807) is 13.0 Å². The number of halogens is 1. The summed E-state index contributed by atoms with van der Waals surface area (Å²) in [6, 6.07) is 1.59. The third-order valence-corrected chi connectivity index (χ3v) is 8.00. The number of Topliss-reactive ketones (excluding diaryl/α,β-unsaturated/α-hetero) is 2. The van der Waals surface area contributed by atoms with Gasteiger partial charge in [-0.1, -0.05) is 6.92 Å². The van der Waals surface area contributed by atoms with Crippen LogP contribution in [0.1, 0.15) is 28.8 Å². The molecule has 33 heavy (non-hydrogen) atoms. The largest absolute Gasteiger partial charge is 0.508 e. The number of aliphatic hydroxyl groups excluding tert-OH is 3. The summed E-state index contributed by atoms with van der Waals surface area (Å²) in [5, 5.41) is 55.5. The lowest BCUT2D eigenvalue weighted by Gasteiger charge is -2.53. The number of aliphatic hydroxyl groups is 4. The number of primary amides is 1. The second kappa shape index (κ2) is 7.52. The zero-order chi connectivity index (χ0) is 24.7. The molecular formula is C22H23IN2O8. The monoisotopic (exact) mass is 570 g/mol. The van der Waals surface area contributed by atoms with Crippen molar-refractivity contribution in [3.63, 3.8) is 0 Å². The number of rotatable bonds is 2. The normalized spacial score (nSPS) is 33.7. The van der Waals surface area contributed by atoms with Crippen LogP contribution < -0.4 is 5.73 Å². The summed E-state index contributed by atoms with van der Waals surface area (Å²) in [6.45, 7) is 1.69. The molecule has 0 bridgehead atoms. The molecule has 7 N–H and O–H groups in total. The summed E-state index contributed by atoms with van der Waals surface area (Å²) >= 11 is 2.00. The van der Waals surface area contributed by atoms with Gasteiger partial charge in [0.1, 0.15) is 22.8 Å². The van der Waals surface area contributed by atoms with Gasteiger partial charge in [0.05, 0.1) is 23.6 Å². The van der Waals surface area contributed by atoms with E-state index < -0.39 is 75.6 Å². The Hall–Kier alpha value is -2.48. The molecule has 10 nitrogen and oxygen atoms in total. The average molecular weight is 570 g/mol. The highest BCUT2D eigenvalue weighted by Crippen LogP contribution is 2.56. The highest BCUT2D eigenvalue weighted by Gasteiger charge is 2.66. The van der Waals surface area contributed by atoms with Gasteiger partial charge in [0.15, 0.2) is 17.2 Å². The van der Waals surface area contributed by atoms with Gasteiger partial charge in [-0.05, 0) is 60.3 Å². The predicted octanol–water partition coefficient (Wildman–Crippen LogP) is 0.257. The Morgan fingerprint density at radius 3 is 2.30 bits per heavy atom.